The summed E-state index contributed by atoms with van der Waals surface area (Å²) in [7, 11) is 0. The Balaban J connectivity index is 2.24. The van der Waals surface area contributed by atoms with Crippen LogP contribution < -0.4 is 21.5 Å². The lowest BCUT2D eigenvalue weighted by Gasteiger charge is -2.10. The molecule has 0 fully saturated rings. The van der Waals surface area contributed by atoms with Crippen molar-refractivity contribution in [3.05, 3.63) is 36.3 Å². The maximum absolute atomic E-state index is 13.7. The van der Waals surface area contributed by atoms with Gasteiger partial charge in [0.2, 0.25) is 5.91 Å². The van der Waals surface area contributed by atoms with E-state index in [2.05, 4.69) is 10.3 Å². The maximum atomic E-state index is 13.7. The number of nitrogens with one attached hydrogen (secondary N) is 1. The molecule has 0 radical (unpaired) electrons. The molecule has 1 amide bonds. The van der Waals surface area contributed by atoms with E-state index in [1.807, 2.05) is 0 Å². The number of carbonyl (C=O) groups is 1. The van der Waals surface area contributed by atoms with Gasteiger partial charge in [0.25, 0.3) is 0 Å². The van der Waals surface area contributed by atoms with E-state index in [0.717, 1.165) is 6.07 Å². The highest BCUT2D eigenvalue weighted by Gasteiger charge is 2.09. The van der Waals surface area contributed by atoms with Gasteiger partial charge in [-0.2, -0.15) is 0 Å². The van der Waals surface area contributed by atoms with Crippen LogP contribution in [0.1, 0.15) is 6.92 Å². The van der Waals surface area contributed by atoms with Gasteiger partial charge in [-0.15, -0.1) is 0 Å². The third-order valence-electron chi connectivity index (χ3n) is 2.46. The minimum Gasteiger partial charge on any atom is -0.455 e. The van der Waals surface area contributed by atoms with Crippen LogP contribution in [0.5, 0.6) is 11.5 Å². The first-order chi connectivity index (χ1) is 9.47. The first-order valence-electron chi connectivity index (χ1n) is 5.72. The Kier molecular flexibility index (Phi) is 3.69. The summed E-state index contributed by atoms with van der Waals surface area (Å²) in [4.78, 5) is 14.7. The second kappa shape index (κ2) is 5.43. The summed E-state index contributed by atoms with van der Waals surface area (Å²) in [5.74, 6) is -0.321. The van der Waals surface area contributed by atoms with Gasteiger partial charge < -0.3 is 21.5 Å². The smallest absolute Gasteiger partial charge is 0.221 e. The summed E-state index contributed by atoms with van der Waals surface area (Å²) in [5.41, 5.74) is 11.5. The quantitative estimate of drug-likeness (QED) is 0.796. The third kappa shape index (κ3) is 2.94. The van der Waals surface area contributed by atoms with Gasteiger partial charge in [-0.05, 0) is 12.1 Å². The number of nitrogen functional groups attached to an aromatic ring is 2. The summed E-state index contributed by atoms with van der Waals surface area (Å²) in [6, 6.07) is 5.56. The third-order valence-corrected chi connectivity index (χ3v) is 2.46. The molecule has 0 aliphatic carbocycles. The Hall–Kier alpha value is -2.83. The summed E-state index contributed by atoms with van der Waals surface area (Å²) in [5, 5.41) is 2.36. The lowest BCUT2D eigenvalue weighted by molar-refractivity contribution is -0.114. The second-order valence-corrected chi connectivity index (χ2v) is 4.03. The summed E-state index contributed by atoms with van der Waals surface area (Å²) in [6.45, 7) is 1.30. The fourth-order valence-corrected chi connectivity index (χ4v) is 1.54. The minimum atomic E-state index is -0.613. The van der Waals surface area contributed by atoms with Crippen molar-refractivity contribution in [2.24, 2.45) is 0 Å². The molecule has 7 heteroatoms. The van der Waals surface area contributed by atoms with E-state index >= 15 is 0 Å². The predicted octanol–water partition coefficient (Wildman–Crippen LogP) is 2.14. The summed E-state index contributed by atoms with van der Waals surface area (Å²) >= 11 is 0. The van der Waals surface area contributed by atoms with Crippen molar-refractivity contribution in [1.82, 2.24) is 4.98 Å². The Labute approximate surface area is 114 Å². The molecular weight excluding hydrogens is 263 g/mol. The van der Waals surface area contributed by atoms with Gasteiger partial charge in [-0.3, -0.25) is 4.79 Å². The Bertz CT molecular complexity index is 661. The molecule has 0 atom stereocenters. The lowest BCUT2D eigenvalue weighted by Crippen LogP contribution is -2.07. The highest BCUT2D eigenvalue weighted by molar-refractivity contribution is 5.88. The predicted molar refractivity (Wildman–Crippen MR) is 73.8 cm³/mol. The molecule has 0 spiro atoms. The number of nitrogens with two attached hydrogens (primary N) is 2. The number of hydrogen-bond donors (Lipinski definition) is 3. The number of ether oxygens (including phenoxy) is 1. The molecule has 0 aliphatic heterocycles. The Morgan fingerprint density at radius 1 is 1.35 bits per heavy atom. The SMILES string of the molecule is CC(=O)Nc1ccc(Oc2ccnc(N)c2N)cc1F. The van der Waals surface area contributed by atoms with E-state index < -0.39 is 5.82 Å². The Morgan fingerprint density at radius 3 is 2.75 bits per heavy atom. The van der Waals surface area contributed by atoms with Crippen molar-refractivity contribution in [1.29, 1.82) is 0 Å². The van der Waals surface area contributed by atoms with Crippen LogP contribution >= 0.6 is 0 Å². The van der Waals surface area contributed by atoms with Gasteiger partial charge >= 0.3 is 0 Å². The van der Waals surface area contributed by atoms with Gasteiger partial charge in [0.1, 0.15) is 23.1 Å². The molecule has 2 aromatic rings. The normalized spacial score (nSPS) is 10.1. The molecular formula is C13H13FN4O2. The van der Waals surface area contributed by atoms with Gasteiger partial charge in [-0.25, -0.2) is 9.37 Å². The molecule has 2 rings (SSSR count). The van der Waals surface area contributed by atoms with Crippen molar-refractivity contribution >= 4 is 23.1 Å². The zero-order valence-corrected chi connectivity index (χ0v) is 10.7. The average Bonchev–Trinajstić information content (AvgIpc) is 2.38. The van der Waals surface area contributed by atoms with Crippen LogP contribution in [-0.4, -0.2) is 10.9 Å². The molecule has 0 bridgehead atoms. The Morgan fingerprint density at radius 2 is 2.10 bits per heavy atom. The number of carbonyl (C=O) groups excluding carboxylic acids is 1. The van der Waals surface area contributed by atoms with Gasteiger partial charge in [0, 0.05) is 25.3 Å². The minimum absolute atomic E-state index is 0.0760. The van der Waals surface area contributed by atoms with E-state index in [-0.39, 0.29) is 34.6 Å². The zero-order valence-electron chi connectivity index (χ0n) is 10.7. The molecule has 1 heterocycles. The van der Waals surface area contributed by atoms with Crippen molar-refractivity contribution in [2.75, 3.05) is 16.8 Å². The van der Waals surface area contributed by atoms with E-state index in [0.29, 0.717) is 0 Å². The van der Waals surface area contributed by atoms with Gasteiger partial charge in [0.15, 0.2) is 5.75 Å². The fourth-order valence-electron chi connectivity index (χ4n) is 1.54. The number of aromatic nitrogens is 1. The van der Waals surface area contributed by atoms with Crippen molar-refractivity contribution in [2.45, 2.75) is 6.92 Å². The van der Waals surface area contributed by atoms with E-state index in [9.17, 15) is 9.18 Å². The van der Waals surface area contributed by atoms with Crippen LogP contribution in [0.15, 0.2) is 30.5 Å². The standard InChI is InChI=1S/C13H13FN4O2/c1-7(19)18-10-3-2-8(6-9(10)14)20-11-4-5-17-13(16)12(11)15/h2-6H,15H2,1H3,(H2,16,17)(H,18,19). The van der Waals surface area contributed by atoms with Crippen molar-refractivity contribution in [3.63, 3.8) is 0 Å². The number of benzene rings is 1. The average molecular weight is 276 g/mol. The molecule has 104 valence electrons. The summed E-state index contributed by atoms with van der Waals surface area (Å²) in [6.07, 6.45) is 1.43. The number of rotatable bonds is 3. The van der Waals surface area contributed by atoms with Crippen LogP contribution in [0, 0.1) is 5.82 Å². The van der Waals surface area contributed by atoms with Crippen LogP contribution in [0.2, 0.25) is 0 Å². The topological polar surface area (TPSA) is 103 Å². The van der Waals surface area contributed by atoms with Gasteiger partial charge in [-0.1, -0.05) is 0 Å². The van der Waals surface area contributed by atoms with Gasteiger partial charge in [0.05, 0.1) is 5.69 Å². The molecule has 5 N–H and O–H groups in total. The van der Waals surface area contributed by atoms with E-state index in [1.54, 1.807) is 0 Å². The fraction of sp³-hybridized carbons (Fsp3) is 0.0769. The number of amides is 1. The number of hydrogen-bond acceptors (Lipinski definition) is 5. The first-order valence-corrected chi connectivity index (χ1v) is 5.72. The molecule has 0 saturated carbocycles. The molecule has 1 aromatic carbocycles. The monoisotopic (exact) mass is 276 g/mol. The van der Waals surface area contributed by atoms with Crippen molar-refractivity contribution in [3.8, 4) is 11.5 Å². The highest BCUT2D eigenvalue weighted by atomic mass is 19.1. The highest BCUT2D eigenvalue weighted by Crippen LogP contribution is 2.31. The van der Waals surface area contributed by atoms with Crippen LogP contribution in [0.4, 0.5) is 21.6 Å². The molecule has 0 unspecified atom stereocenters. The molecule has 6 nitrogen and oxygen atoms in total. The molecule has 1 aromatic heterocycles. The first kappa shape index (κ1) is 13.6. The van der Waals surface area contributed by atoms with Crippen LogP contribution in [-0.2, 0) is 4.79 Å². The number of halogens is 1. The lowest BCUT2D eigenvalue weighted by atomic mass is 10.2. The number of anilines is 3. The second-order valence-electron chi connectivity index (χ2n) is 4.03. The number of pyridine rings is 1. The van der Waals surface area contributed by atoms with E-state index in [1.165, 1.54) is 31.3 Å². The largest absolute Gasteiger partial charge is 0.455 e. The number of nitrogens with zero attached hydrogens (tertiary/aromatic N) is 1. The van der Waals surface area contributed by atoms with E-state index in [4.69, 9.17) is 16.2 Å². The molecule has 0 aliphatic rings. The summed E-state index contributed by atoms with van der Waals surface area (Å²) < 4.78 is 19.2. The molecule has 0 saturated heterocycles. The molecule has 20 heavy (non-hydrogen) atoms. The van der Waals surface area contributed by atoms with Crippen LogP contribution in [0.3, 0.4) is 0 Å². The van der Waals surface area contributed by atoms with Crippen LogP contribution in [0.25, 0.3) is 0 Å². The zero-order chi connectivity index (χ0) is 14.7. The van der Waals surface area contributed by atoms with Crippen molar-refractivity contribution < 1.29 is 13.9 Å². The maximum Gasteiger partial charge on any atom is 0.221 e.